The van der Waals surface area contributed by atoms with Gasteiger partial charge in [0.25, 0.3) is 5.91 Å². The van der Waals surface area contributed by atoms with E-state index in [1.54, 1.807) is 6.07 Å². The van der Waals surface area contributed by atoms with Crippen LogP contribution in [0.3, 0.4) is 0 Å². The molecule has 0 spiro atoms. The van der Waals surface area contributed by atoms with E-state index in [2.05, 4.69) is 9.62 Å². The van der Waals surface area contributed by atoms with Gasteiger partial charge in [0.15, 0.2) is 0 Å². The molecule has 0 bridgehead atoms. The Labute approximate surface area is 185 Å². The average molecular weight is 451 g/mol. The van der Waals surface area contributed by atoms with Gasteiger partial charge in [-0.1, -0.05) is 41.2 Å². The molecule has 8 heteroatoms. The number of halogens is 2. The summed E-state index contributed by atoms with van der Waals surface area (Å²) < 4.78 is 2.35. The Morgan fingerprint density at radius 3 is 2.76 bits per heavy atom. The Morgan fingerprint density at radius 1 is 1.24 bits per heavy atom. The Bertz CT molecular complexity index is 947. The van der Waals surface area contributed by atoms with Gasteiger partial charge in [-0.15, -0.1) is 0 Å². The van der Waals surface area contributed by atoms with Crippen molar-refractivity contribution in [3.63, 3.8) is 0 Å². The zero-order valence-corrected chi connectivity index (χ0v) is 18.9. The number of hydrogen-bond donors (Lipinski definition) is 1. The summed E-state index contributed by atoms with van der Waals surface area (Å²) in [5, 5.41) is 4.32. The molecule has 4 rings (SSSR count). The van der Waals surface area contributed by atoms with Gasteiger partial charge in [-0.05, 0) is 38.1 Å². The van der Waals surface area contributed by atoms with Crippen LogP contribution in [0.4, 0.5) is 0 Å². The van der Waals surface area contributed by atoms with Gasteiger partial charge in [-0.3, -0.25) is 9.78 Å². The summed E-state index contributed by atoms with van der Waals surface area (Å²) in [4.78, 5) is 20.1. The second-order valence-electron chi connectivity index (χ2n) is 7.37. The van der Waals surface area contributed by atoms with Gasteiger partial charge in [0.05, 0.1) is 17.8 Å². The van der Waals surface area contributed by atoms with Crippen LogP contribution < -0.4 is 5.32 Å². The first kappa shape index (κ1) is 20.9. The molecule has 1 amide bonds. The van der Waals surface area contributed by atoms with Gasteiger partial charge in [0.2, 0.25) is 0 Å². The zero-order valence-electron chi connectivity index (χ0n) is 16.6. The monoisotopic (exact) mass is 450 g/mol. The number of hydrogen-bond acceptors (Lipinski definition) is 5. The fraction of sp³-hybridized carbons (Fsp3) is 0.429. The number of nitrogens with one attached hydrogen (secondary N) is 1. The highest BCUT2D eigenvalue weighted by atomic mass is 35.5. The minimum absolute atomic E-state index is 0.0371. The number of pyridine rings is 1. The highest BCUT2D eigenvalue weighted by Gasteiger charge is 2.34. The van der Waals surface area contributed by atoms with Crippen LogP contribution in [0.15, 0.2) is 18.2 Å². The number of fused-ring (bicyclic) bond motifs is 1. The van der Waals surface area contributed by atoms with Crippen molar-refractivity contribution in [1.82, 2.24) is 19.5 Å². The zero-order chi connectivity index (χ0) is 20.5. The SMILES string of the molecule is CNCc1c(C)nc2c(c1-c1ccc(Cl)cc1Cl)C(=O)N(CCN1CCCS1)C2. The Kier molecular flexibility index (Phi) is 6.37. The van der Waals surface area contributed by atoms with Crippen molar-refractivity contribution in [3.05, 3.63) is 50.8 Å². The molecule has 0 unspecified atom stereocenters. The lowest BCUT2D eigenvalue weighted by Crippen LogP contribution is -2.31. The van der Waals surface area contributed by atoms with Crippen LogP contribution in [0, 0.1) is 6.92 Å². The molecule has 0 radical (unpaired) electrons. The van der Waals surface area contributed by atoms with E-state index in [0.29, 0.717) is 35.2 Å². The number of benzene rings is 1. The van der Waals surface area contributed by atoms with Gasteiger partial charge in [-0.25, -0.2) is 4.31 Å². The normalized spacial score (nSPS) is 16.7. The molecule has 2 aliphatic heterocycles. The first-order valence-corrected chi connectivity index (χ1v) is 11.5. The van der Waals surface area contributed by atoms with Crippen LogP contribution in [0.1, 0.15) is 33.7 Å². The number of carbonyl (C=O) groups is 1. The maximum Gasteiger partial charge on any atom is 0.256 e. The number of carbonyl (C=O) groups excluding carboxylic acids is 1. The van der Waals surface area contributed by atoms with Crippen molar-refractivity contribution < 1.29 is 4.79 Å². The molecule has 1 N–H and O–H groups in total. The number of aromatic nitrogens is 1. The van der Waals surface area contributed by atoms with E-state index in [4.69, 9.17) is 28.2 Å². The number of nitrogens with zero attached hydrogens (tertiary/aromatic N) is 3. The summed E-state index contributed by atoms with van der Waals surface area (Å²) in [7, 11) is 1.89. The molecule has 0 aliphatic carbocycles. The third-order valence-corrected chi connectivity index (χ3v) is 7.17. The molecule has 1 aromatic carbocycles. The molecular weight excluding hydrogens is 427 g/mol. The van der Waals surface area contributed by atoms with Gasteiger partial charge < -0.3 is 10.2 Å². The van der Waals surface area contributed by atoms with Crippen LogP contribution in [0.5, 0.6) is 0 Å². The van der Waals surface area contributed by atoms with Crippen LogP contribution in [0.2, 0.25) is 10.0 Å². The smallest absolute Gasteiger partial charge is 0.256 e. The maximum atomic E-state index is 13.4. The Morgan fingerprint density at radius 2 is 2.07 bits per heavy atom. The number of rotatable bonds is 6. The van der Waals surface area contributed by atoms with Gasteiger partial charge in [0.1, 0.15) is 0 Å². The topological polar surface area (TPSA) is 48.5 Å². The Hall–Kier alpha value is -1.31. The minimum atomic E-state index is 0.0371. The number of aryl methyl sites for hydroxylation is 1. The highest BCUT2D eigenvalue weighted by molar-refractivity contribution is 7.97. The Balaban J connectivity index is 1.74. The summed E-state index contributed by atoms with van der Waals surface area (Å²) in [6.07, 6.45) is 1.21. The minimum Gasteiger partial charge on any atom is -0.331 e. The summed E-state index contributed by atoms with van der Waals surface area (Å²) in [5.74, 6) is 1.21. The second-order valence-corrected chi connectivity index (χ2v) is 9.40. The van der Waals surface area contributed by atoms with E-state index < -0.39 is 0 Å². The predicted molar refractivity (Wildman–Crippen MR) is 121 cm³/mol. The molecule has 2 aliphatic rings. The quantitative estimate of drug-likeness (QED) is 0.661. The van der Waals surface area contributed by atoms with Crippen molar-refractivity contribution >= 4 is 41.1 Å². The first-order valence-electron chi connectivity index (χ1n) is 9.79. The molecule has 1 fully saturated rings. The third-order valence-electron chi connectivity index (χ3n) is 5.42. The lowest BCUT2D eigenvalue weighted by atomic mass is 9.93. The van der Waals surface area contributed by atoms with E-state index in [0.717, 1.165) is 41.2 Å². The molecular formula is C21H24Cl2N4OS. The van der Waals surface area contributed by atoms with Gasteiger partial charge in [-0.2, -0.15) is 0 Å². The summed E-state index contributed by atoms with van der Waals surface area (Å²) in [5.41, 5.74) is 5.14. The van der Waals surface area contributed by atoms with Crippen LogP contribution in [-0.4, -0.2) is 52.5 Å². The summed E-state index contributed by atoms with van der Waals surface area (Å²) >= 11 is 14.5. The summed E-state index contributed by atoms with van der Waals surface area (Å²) in [6.45, 7) is 5.83. The van der Waals surface area contributed by atoms with Crippen molar-refractivity contribution in [2.45, 2.75) is 26.4 Å². The highest BCUT2D eigenvalue weighted by Crippen LogP contribution is 2.40. The van der Waals surface area contributed by atoms with Gasteiger partial charge in [0, 0.05) is 58.8 Å². The van der Waals surface area contributed by atoms with Crippen molar-refractivity contribution in [1.29, 1.82) is 0 Å². The van der Waals surface area contributed by atoms with Crippen molar-refractivity contribution in [2.75, 3.05) is 32.4 Å². The van der Waals surface area contributed by atoms with E-state index in [1.807, 2.05) is 43.0 Å². The van der Waals surface area contributed by atoms with Crippen molar-refractivity contribution in [3.8, 4) is 11.1 Å². The third kappa shape index (κ3) is 4.14. The molecule has 0 atom stereocenters. The summed E-state index contributed by atoms with van der Waals surface area (Å²) in [6, 6.07) is 5.44. The van der Waals surface area contributed by atoms with E-state index in [1.165, 1.54) is 12.2 Å². The second kappa shape index (κ2) is 8.82. The number of amides is 1. The van der Waals surface area contributed by atoms with Crippen LogP contribution >= 0.6 is 35.1 Å². The molecule has 2 aromatic rings. The lowest BCUT2D eigenvalue weighted by Gasteiger charge is -2.20. The molecule has 154 valence electrons. The molecule has 1 aromatic heterocycles. The maximum absolute atomic E-state index is 13.4. The molecule has 29 heavy (non-hydrogen) atoms. The van der Waals surface area contributed by atoms with E-state index >= 15 is 0 Å². The molecule has 1 saturated heterocycles. The fourth-order valence-corrected chi connectivity index (χ4v) is 5.52. The van der Waals surface area contributed by atoms with Crippen LogP contribution in [-0.2, 0) is 13.1 Å². The first-order chi connectivity index (χ1) is 14.0. The molecule has 0 saturated carbocycles. The largest absolute Gasteiger partial charge is 0.331 e. The predicted octanol–water partition coefficient (Wildman–Crippen LogP) is 4.39. The van der Waals surface area contributed by atoms with E-state index in [-0.39, 0.29) is 5.91 Å². The van der Waals surface area contributed by atoms with E-state index in [9.17, 15) is 4.79 Å². The lowest BCUT2D eigenvalue weighted by molar-refractivity contribution is 0.0773. The molecule has 3 heterocycles. The van der Waals surface area contributed by atoms with Gasteiger partial charge >= 0.3 is 0 Å². The fourth-order valence-electron chi connectivity index (χ4n) is 4.03. The standard InChI is InChI=1S/C21H24Cl2N4OS/c1-13-16(11-24-2)19(15-5-4-14(22)10-17(15)23)20-18(25-13)12-26(21(20)28)7-8-27-6-3-9-29-27/h4-5,10,24H,3,6-9,11-12H2,1-2H3. The van der Waals surface area contributed by atoms with Crippen LogP contribution in [0.25, 0.3) is 11.1 Å². The average Bonchev–Trinajstić information content (AvgIpc) is 3.30. The molecule has 5 nitrogen and oxygen atoms in total. The van der Waals surface area contributed by atoms with Crippen molar-refractivity contribution in [2.24, 2.45) is 0 Å².